The van der Waals surface area contributed by atoms with Crippen molar-refractivity contribution in [3.05, 3.63) is 0 Å². The Morgan fingerprint density at radius 1 is 0.641 bits per heavy atom. The molecule has 5 saturated heterocycles. The van der Waals surface area contributed by atoms with Crippen molar-refractivity contribution in [3.8, 4) is 0 Å². The molecule has 0 aromatic heterocycles. The highest BCUT2D eigenvalue weighted by Gasteiger charge is 2.91. The van der Waals surface area contributed by atoms with Gasteiger partial charge in [0.15, 0.2) is 25.2 Å². The Morgan fingerprint density at radius 3 is 1.90 bits per heavy atom. The summed E-state index contributed by atoms with van der Waals surface area (Å²) in [5.74, 6) is -1.91. The Bertz CT molecular complexity index is 2120. The number of rotatable bonds is 17. The molecule has 5 aliphatic heterocycles. The molecule has 0 amide bonds. The second-order valence-corrected chi connectivity index (χ2v) is 24.2. The summed E-state index contributed by atoms with van der Waals surface area (Å²) in [7, 11) is 2.88. The fourth-order valence-electron chi connectivity index (χ4n) is 15.7. The SMILES string of the molecule is CCC(C)C(=O)O[C@@H]1[C@@H](OC(C)=O)[C@]2(C)[C@H](C(C)=O)CC[C@@]23O[C@]32CC[C@H]3C[C@@H](O[C@H]4C[C@@H](OC)[C@H](O[C@@H]5O[C@H](C)[C@@H](O[C@@H]6O[C@H](CO)[C@@H](O[C@@H]7O[C@H](CO)[C@@H](O)[C@H](O)[C@H]7O)[C@H](O)[C@H]6O)[C@@H](OC)[C@H]5O)[C@@H](C)O4)CC[C@]3(C)[C@@H]12. The van der Waals surface area contributed by atoms with Gasteiger partial charge in [0.05, 0.1) is 43.5 Å². The first kappa shape index (κ1) is 60.4. The maximum Gasteiger partial charge on any atom is 0.309 e. The molecule has 1 unspecified atom stereocenters. The number of epoxide rings is 1. The maximum atomic E-state index is 13.9. The highest BCUT2D eigenvalue weighted by molar-refractivity contribution is 5.81. The maximum absolute atomic E-state index is 13.9. The first-order chi connectivity index (χ1) is 36.9. The van der Waals surface area contributed by atoms with E-state index in [2.05, 4.69) is 6.92 Å². The molecule has 9 fully saturated rings. The normalized spacial score (nSPS) is 52.2. The number of hydrogen-bond acceptors (Lipinski definition) is 24. The molecule has 0 aromatic carbocycles. The van der Waals surface area contributed by atoms with E-state index in [-0.39, 0.29) is 36.1 Å². The number of aliphatic hydroxyl groups excluding tert-OH is 8. The second-order valence-electron chi connectivity index (χ2n) is 24.2. The molecule has 0 bridgehead atoms. The van der Waals surface area contributed by atoms with Gasteiger partial charge in [-0.25, -0.2) is 0 Å². The van der Waals surface area contributed by atoms with Crippen LogP contribution in [-0.2, 0) is 76.0 Å². The molecule has 8 N–H and O–H groups in total. The van der Waals surface area contributed by atoms with Gasteiger partial charge >= 0.3 is 11.9 Å². The van der Waals surface area contributed by atoms with E-state index in [0.717, 1.165) is 6.42 Å². The Morgan fingerprint density at radius 2 is 1.27 bits per heavy atom. The lowest BCUT2D eigenvalue weighted by atomic mass is 9.43. The van der Waals surface area contributed by atoms with Crippen LogP contribution in [0.2, 0.25) is 0 Å². The van der Waals surface area contributed by atoms with Crippen LogP contribution >= 0.6 is 0 Å². The third-order valence-electron chi connectivity index (χ3n) is 20.0. The van der Waals surface area contributed by atoms with Gasteiger partial charge in [0.2, 0.25) is 0 Å². The lowest BCUT2D eigenvalue weighted by Crippen LogP contribution is -2.70. The highest BCUT2D eigenvalue weighted by atomic mass is 16.8. The highest BCUT2D eigenvalue weighted by Crippen LogP contribution is 2.81. The van der Waals surface area contributed by atoms with Crippen molar-refractivity contribution in [2.24, 2.45) is 34.5 Å². The van der Waals surface area contributed by atoms with E-state index in [9.17, 15) is 55.2 Å². The Balaban J connectivity index is 0.833. The summed E-state index contributed by atoms with van der Waals surface area (Å²) >= 11 is 0. The Labute approximate surface area is 454 Å². The zero-order valence-corrected chi connectivity index (χ0v) is 46.4. The van der Waals surface area contributed by atoms with Crippen LogP contribution in [0.25, 0.3) is 0 Å². The molecule has 0 radical (unpaired) electrons. The Hall–Kier alpha value is -2.15. The first-order valence-corrected chi connectivity index (χ1v) is 28.1. The van der Waals surface area contributed by atoms with Crippen LogP contribution in [0.5, 0.6) is 0 Å². The molecule has 446 valence electrons. The number of ketones is 1. The van der Waals surface area contributed by atoms with Crippen molar-refractivity contribution in [3.63, 3.8) is 0 Å². The summed E-state index contributed by atoms with van der Waals surface area (Å²) in [6.45, 7) is 12.9. The van der Waals surface area contributed by atoms with E-state index in [1.165, 1.54) is 14.0 Å². The van der Waals surface area contributed by atoms with E-state index >= 15 is 0 Å². The number of fused-ring (bicyclic) bond motifs is 2. The lowest BCUT2D eigenvalue weighted by Gasteiger charge is -2.61. The number of aliphatic hydroxyl groups is 8. The largest absolute Gasteiger partial charge is 0.458 e. The van der Waals surface area contributed by atoms with Gasteiger partial charge in [0.25, 0.3) is 0 Å². The van der Waals surface area contributed by atoms with E-state index in [0.29, 0.717) is 44.9 Å². The second kappa shape index (κ2) is 23.1. The molecule has 24 heteroatoms. The average molecular weight is 1120 g/mol. The van der Waals surface area contributed by atoms with Crippen LogP contribution in [-0.4, -0.2) is 232 Å². The predicted molar refractivity (Wildman–Crippen MR) is 263 cm³/mol. The van der Waals surface area contributed by atoms with Crippen molar-refractivity contribution in [2.75, 3.05) is 27.4 Å². The van der Waals surface area contributed by atoms with Crippen molar-refractivity contribution in [1.29, 1.82) is 0 Å². The molecule has 5 heterocycles. The van der Waals surface area contributed by atoms with Crippen molar-refractivity contribution in [1.82, 2.24) is 0 Å². The summed E-state index contributed by atoms with van der Waals surface area (Å²) < 4.78 is 80.8. The zero-order chi connectivity index (χ0) is 56.7. The minimum absolute atomic E-state index is 0.00180. The standard InChI is InChI=1S/C54H86O24/c1-11-22(2)47(65)74-44-45-51(7)15-13-28(18-27(51)12-16-53(45)54(78-53)17-14-29(23(3)57)52(54,8)46(44)70-26(6)58)71-33-19-30(66-9)40(24(4)68-33)75-50-39(64)43(67-10)41(25(5)69-50)76-49-38(63)36(61)42(32(21-56)73-49)77-48-37(62)35(60)34(59)31(20-55)72-48/h22,24-25,27-46,48-50,55-56,59-64H,11-21H2,1-10H3/t22?,24-,25-,27+,28+,29+,30-,31-,32-,33+,34-,35+,36-,37-,38-,39-,40-,41-,42-,43+,44+,45-,46-,48+,49+,50+,51+,52+,53+,54-/m1/s1. The smallest absolute Gasteiger partial charge is 0.309 e. The van der Waals surface area contributed by atoms with Crippen LogP contribution in [0, 0.1) is 34.5 Å². The minimum Gasteiger partial charge on any atom is -0.458 e. The minimum atomic E-state index is -1.85. The van der Waals surface area contributed by atoms with Crippen LogP contribution in [0.4, 0.5) is 0 Å². The molecule has 2 spiro atoms. The van der Waals surface area contributed by atoms with Crippen molar-refractivity contribution in [2.45, 2.75) is 259 Å². The summed E-state index contributed by atoms with van der Waals surface area (Å²) in [6.07, 6.45) is -21.7. The summed E-state index contributed by atoms with van der Waals surface area (Å²) in [5.41, 5.74) is -2.70. The van der Waals surface area contributed by atoms with Gasteiger partial charge in [-0.15, -0.1) is 0 Å². The number of carbonyl (C=O) groups excluding carboxylic acids is 3. The van der Waals surface area contributed by atoms with Gasteiger partial charge in [0, 0.05) is 44.8 Å². The van der Waals surface area contributed by atoms with Crippen LogP contribution in [0.3, 0.4) is 0 Å². The molecule has 0 aromatic rings. The van der Waals surface area contributed by atoms with Gasteiger partial charge in [-0.1, -0.05) is 27.7 Å². The first-order valence-electron chi connectivity index (χ1n) is 28.1. The third-order valence-corrected chi connectivity index (χ3v) is 20.0. The molecule has 4 aliphatic carbocycles. The van der Waals surface area contributed by atoms with Crippen LogP contribution in [0.15, 0.2) is 0 Å². The van der Waals surface area contributed by atoms with Crippen LogP contribution < -0.4 is 0 Å². The van der Waals surface area contributed by atoms with Gasteiger partial charge in [-0.05, 0) is 83.5 Å². The molecular weight excluding hydrogens is 1030 g/mol. The molecule has 4 saturated carbocycles. The van der Waals surface area contributed by atoms with Gasteiger partial charge in [-0.2, -0.15) is 0 Å². The monoisotopic (exact) mass is 1120 g/mol. The molecule has 9 aliphatic rings. The van der Waals surface area contributed by atoms with E-state index < -0.39 is 182 Å². The quantitative estimate of drug-likeness (QED) is 0.0525. The van der Waals surface area contributed by atoms with E-state index in [1.807, 2.05) is 27.7 Å². The lowest BCUT2D eigenvalue weighted by molar-refractivity contribution is -0.384. The molecule has 24 nitrogen and oxygen atoms in total. The molecule has 30 atom stereocenters. The van der Waals surface area contributed by atoms with Gasteiger partial charge in [-0.3, -0.25) is 14.4 Å². The number of methoxy groups -OCH3 is 2. The van der Waals surface area contributed by atoms with E-state index in [4.69, 9.17) is 61.6 Å². The number of hydrogen-bond donors (Lipinski definition) is 8. The van der Waals surface area contributed by atoms with Gasteiger partial charge < -0.3 is 102 Å². The van der Waals surface area contributed by atoms with Gasteiger partial charge in [0.1, 0.15) is 102 Å². The predicted octanol–water partition coefficient (Wildman–Crippen LogP) is -0.331. The molecule has 78 heavy (non-hydrogen) atoms. The number of Topliss-reactive ketones (excluding diaryl/α,β-unsaturated/α-hetero) is 1. The van der Waals surface area contributed by atoms with Crippen LogP contribution in [0.1, 0.15) is 113 Å². The fourth-order valence-corrected chi connectivity index (χ4v) is 15.7. The summed E-state index contributed by atoms with van der Waals surface area (Å²) in [4.78, 5) is 40.3. The molecule has 9 rings (SSSR count). The number of carbonyl (C=O) groups is 3. The van der Waals surface area contributed by atoms with Crippen molar-refractivity contribution >= 4 is 17.7 Å². The zero-order valence-electron chi connectivity index (χ0n) is 46.4. The Kier molecular flexibility index (Phi) is 17.9. The third kappa shape index (κ3) is 10.0. The fraction of sp³-hybridized carbons (Fsp3) is 0.944. The number of ether oxygens (including phenoxy) is 13. The number of esters is 2. The van der Waals surface area contributed by atoms with E-state index in [1.54, 1.807) is 21.0 Å². The van der Waals surface area contributed by atoms with Crippen molar-refractivity contribution < 1.29 is 117 Å². The summed E-state index contributed by atoms with van der Waals surface area (Å²) in [6, 6.07) is 0. The summed E-state index contributed by atoms with van der Waals surface area (Å²) in [5, 5.41) is 85.1. The topological polar surface area (TPSA) is 336 Å². The average Bonchev–Trinajstić information content (AvgIpc) is 1.74. The molecular formula is C54H86O24.